The molecule has 2 N–H and O–H groups in total. The lowest BCUT2D eigenvalue weighted by molar-refractivity contribution is -0.384. The van der Waals surface area contributed by atoms with E-state index in [0.717, 1.165) is 64.5 Å². The number of aromatic amines is 2. The van der Waals surface area contributed by atoms with E-state index in [2.05, 4.69) is 19.9 Å². The minimum absolute atomic E-state index is 0.0836. The maximum absolute atomic E-state index is 10.8. The molecule has 4 aromatic rings. The van der Waals surface area contributed by atoms with Gasteiger partial charge in [0.25, 0.3) is 5.69 Å². The average Bonchev–Trinajstić information content (AvgIpc) is 3.26. The molecule has 0 aliphatic heterocycles. The van der Waals surface area contributed by atoms with Crippen molar-refractivity contribution in [1.29, 1.82) is 0 Å². The van der Waals surface area contributed by atoms with E-state index in [1.807, 2.05) is 24.3 Å². The van der Waals surface area contributed by atoms with Crippen LogP contribution in [0.5, 0.6) is 0 Å². The third-order valence-corrected chi connectivity index (χ3v) is 5.35. The summed E-state index contributed by atoms with van der Waals surface area (Å²) < 4.78 is 0. The fourth-order valence-electron chi connectivity index (χ4n) is 3.02. The molecule has 0 atom stereocenters. The van der Waals surface area contributed by atoms with Gasteiger partial charge in [0.05, 0.1) is 27.0 Å². The number of unbranched alkanes of at least 4 members (excludes halogenated alkanes) is 2. The van der Waals surface area contributed by atoms with Gasteiger partial charge in [0.2, 0.25) is 0 Å². The highest BCUT2D eigenvalue weighted by atomic mass is 32.2. The monoisotopic (exact) mass is 381 g/mol. The van der Waals surface area contributed by atoms with Gasteiger partial charge >= 0.3 is 0 Å². The van der Waals surface area contributed by atoms with Crippen LogP contribution in [-0.2, 0) is 6.42 Å². The number of H-pyrrole nitrogens is 2. The summed E-state index contributed by atoms with van der Waals surface area (Å²) in [6.07, 6.45) is 4.08. The Bertz CT molecular complexity index is 1060. The zero-order valence-corrected chi connectivity index (χ0v) is 15.5. The maximum Gasteiger partial charge on any atom is 0.271 e. The number of aryl methyl sites for hydroxylation is 1. The summed E-state index contributed by atoms with van der Waals surface area (Å²) in [6, 6.07) is 12.8. The molecule has 4 rings (SSSR count). The number of hydrogen-bond donors (Lipinski definition) is 2. The molecule has 0 fully saturated rings. The number of rotatable bonds is 8. The molecule has 2 aromatic carbocycles. The Hall–Kier alpha value is -2.87. The Morgan fingerprint density at radius 2 is 1.81 bits per heavy atom. The highest BCUT2D eigenvalue weighted by molar-refractivity contribution is 7.99. The number of nitrogens with one attached hydrogen (secondary N) is 2. The van der Waals surface area contributed by atoms with Crippen LogP contribution in [-0.4, -0.2) is 30.6 Å². The number of aromatic nitrogens is 4. The van der Waals surface area contributed by atoms with E-state index in [4.69, 9.17) is 0 Å². The molecular formula is C19H19N5O2S. The van der Waals surface area contributed by atoms with Crippen LogP contribution in [0.15, 0.2) is 47.6 Å². The fraction of sp³-hybridized carbons (Fsp3) is 0.263. The second kappa shape index (κ2) is 7.79. The van der Waals surface area contributed by atoms with E-state index in [1.165, 1.54) is 12.1 Å². The Morgan fingerprint density at radius 3 is 2.67 bits per heavy atom. The summed E-state index contributed by atoms with van der Waals surface area (Å²) in [6.45, 7) is 0. The SMILES string of the molecule is O=[N+]([O-])c1ccc2nc(CCCCCSc3nc4ccccc4[nH]3)[nH]c2c1. The number of non-ortho nitro benzene ring substituents is 1. The van der Waals surface area contributed by atoms with Crippen molar-refractivity contribution in [3.05, 3.63) is 58.4 Å². The van der Waals surface area contributed by atoms with E-state index >= 15 is 0 Å². The molecule has 2 aromatic heterocycles. The number of nitrogens with zero attached hydrogens (tertiary/aromatic N) is 3. The van der Waals surface area contributed by atoms with Crippen molar-refractivity contribution in [3.8, 4) is 0 Å². The molecule has 0 unspecified atom stereocenters. The van der Waals surface area contributed by atoms with Crippen molar-refractivity contribution < 1.29 is 4.92 Å². The molecule has 0 saturated carbocycles. The predicted molar refractivity (Wildman–Crippen MR) is 107 cm³/mol. The Labute approximate surface area is 159 Å². The third kappa shape index (κ3) is 4.11. The number of thioether (sulfide) groups is 1. The lowest BCUT2D eigenvalue weighted by Crippen LogP contribution is -1.89. The second-order valence-electron chi connectivity index (χ2n) is 6.36. The minimum atomic E-state index is -0.389. The van der Waals surface area contributed by atoms with Crippen molar-refractivity contribution in [2.45, 2.75) is 30.8 Å². The molecule has 0 radical (unpaired) electrons. The number of fused-ring (bicyclic) bond motifs is 2. The lowest BCUT2D eigenvalue weighted by atomic mass is 10.2. The first-order valence-corrected chi connectivity index (χ1v) is 9.88. The molecular weight excluding hydrogens is 362 g/mol. The highest BCUT2D eigenvalue weighted by Gasteiger charge is 2.09. The van der Waals surface area contributed by atoms with Crippen LogP contribution in [0.25, 0.3) is 22.1 Å². The molecule has 0 bridgehead atoms. The molecule has 0 amide bonds. The first-order valence-electron chi connectivity index (χ1n) is 8.89. The molecule has 0 saturated heterocycles. The van der Waals surface area contributed by atoms with Gasteiger partial charge in [-0.3, -0.25) is 10.1 Å². The van der Waals surface area contributed by atoms with Gasteiger partial charge in [-0.15, -0.1) is 0 Å². The topological polar surface area (TPSA) is 100 Å². The Morgan fingerprint density at radius 1 is 0.963 bits per heavy atom. The summed E-state index contributed by atoms with van der Waals surface area (Å²) in [5.41, 5.74) is 3.66. The van der Waals surface area contributed by atoms with Crippen molar-refractivity contribution >= 4 is 39.5 Å². The molecule has 0 aliphatic rings. The van der Waals surface area contributed by atoms with Crippen molar-refractivity contribution in [3.63, 3.8) is 0 Å². The molecule has 7 nitrogen and oxygen atoms in total. The Balaban J connectivity index is 1.23. The van der Waals surface area contributed by atoms with E-state index in [-0.39, 0.29) is 10.6 Å². The number of para-hydroxylation sites is 2. The zero-order valence-electron chi connectivity index (χ0n) is 14.6. The average molecular weight is 381 g/mol. The van der Waals surface area contributed by atoms with Crippen LogP contribution in [0.3, 0.4) is 0 Å². The third-order valence-electron chi connectivity index (χ3n) is 4.39. The van der Waals surface area contributed by atoms with E-state index < -0.39 is 0 Å². The number of nitro groups is 1. The van der Waals surface area contributed by atoms with Gasteiger partial charge in [-0.05, 0) is 31.0 Å². The van der Waals surface area contributed by atoms with Gasteiger partial charge in [0.15, 0.2) is 5.16 Å². The number of imidazole rings is 2. The summed E-state index contributed by atoms with van der Waals surface area (Å²) >= 11 is 1.75. The largest absolute Gasteiger partial charge is 0.342 e. The van der Waals surface area contributed by atoms with Gasteiger partial charge in [0.1, 0.15) is 5.82 Å². The molecule has 8 heteroatoms. The quantitative estimate of drug-likeness (QED) is 0.197. The van der Waals surface area contributed by atoms with Crippen molar-refractivity contribution in [2.24, 2.45) is 0 Å². The first-order chi connectivity index (χ1) is 13.2. The summed E-state index contributed by atoms with van der Waals surface area (Å²) in [5, 5.41) is 11.8. The van der Waals surface area contributed by atoms with Crippen LogP contribution in [0, 0.1) is 10.1 Å². The van der Waals surface area contributed by atoms with Crippen molar-refractivity contribution in [1.82, 2.24) is 19.9 Å². The van der Waals surface area contributed by atoms with Crippen molar-refractivity contribution in [2.75, 3.05) is 5.75 Å². The van der Waals surface area contributed by atoms with Crippen LogP contribution in [0.2, 0.25) is 0 Å². The smallest absolute Gasteiger partial charge is 0.271 e. The summed E-state index contributed by atoms with van der Waals surface area (Å²) in [7, 11) is 0. The number of hydrogen-bond acceptors (Lipinski definition) is 5. The molecule has 2 heterocycles. The second-order valence-corrected chi connectivity index (χ2v) is 7.44. The predicted octanol–water partition coefficient (Wildman–Crippen LogP) is 4.85. The highest BCUT2D eigenvalue weighted by Crippen LogP contribution is 2.22. The van der Waals surface area contributed by atoms with Gasteiger partial charge in [-0.2, -0.15) is 0 Å². The normalized spacial score (nSPS) is 11.4. The van der Waals surface area contributed by atoms with Gasteiger partial charge < -0.3 is 9.97 Å². The lowest BCUT2D eigenvalue weighted by Gasteiger charge is -1.99. The first kappa shape index (κ1) is 17.5. The van der Waals surface area contributed by atoms with E-state index in [9.17, 15) is 10.1 Å². The molecule has 0 aliphatic carbocycles. The van der Waals surface area contributed by atoms with Crippen LogP contribution in [0.4, 0.5) is 5.69 Å². The fourth-order valence-corrected chi connectivity index (χ4v) is 3.91. The number of nitro benzene ring substituents is 1. The minimum Gasteiger partial charge on any atom is -0.342 e. The molecule has 138 valence electrons. The van der Waals surface area contributed by atoms with Gasteiger partial charge in [-0.1, -0.05) is 30.3 Å². The van der Waals surface area contributed by atoms with Gasteiger partial charge in [0, 0.05) is 24.3 Å². The number of benzene rings is 2. The van der Waals surface area contributed by atoms with Gasteiger partial charge in [-0.25, -0.2) is 9.97 Å². The molecule has 0 spiro atoms. The van der Waals surface area contributed by atoms with Crippen LogP contribution in [0.1, 0.15) is 25.1 Å². The standard InChI is InChI=1S/C19H19N5O2S/c25-24(26)13-9-10-16-17(12-13)21-18(20-16)8-2-1-5-11-27-19-22-14-6-3-4-7-15(14)23-19/h3-4,6-7,9-10,12H,1-2,5,8,11H2,(H,20,21)(H,22,23). The molecule has 27 heavy (non-hydrogen) atoms. The summed E-state index contributed by atoms with van der Waals surface area (Å²) in [5.74, 6) is 1.90. The maximum atomic E-state index is 10.8. The zero-order chi connectivity index (χ0) is 18.6. The van der Waals surface area contributed by atoms with Crippen LogP contribution < -0.4 is 0 Å². The van der Waals surface area contributed by atoms with E-state index in [1.54, 1.807) is 17.8 Å². The Kier molecular flexibility index (Phi) is 5.06. The van der Waals surface area contributed by atoms with E-state index in [0.29, 0.717) is 0 Å². The van der Waals surface area contributed by atoms with Crippen LogP contribution >= 0.6 is 11.8 Å². The summed E-state index contributed by atoms with van der Waals surface area (Å²) in [4.78, 5) is 26.0.